The second kappa shape index (κ2) is 14.6. The molecular weight excluding hydrogens is 577 g/mol. The minimum atomic E-state index is -4.41. The lowest BCUT2D eigenvalue weighted by molar-refractivity contribution is -0.156. The Balaban J connectivity index is 1.26. The number of nitrogens with zero attached hydrogens (tertiary/aromatic N) is 1. The largest absolute Gasteiger partial charge is 0.460 e. The van der Waals surface area contributed by atoms with Crippen molar-refractivity contribution in [1.82, 2.24) is 10.2 Å². The Morgan fingerprint density at radius 1 is 0.822 bits per heavy atom. The van der Waals surface area contributed by atoms with Crippen molar-refractivity contribution < 1.29 is 27.5 Å². The normalized spacial score (nSPS) is 16.2. The maximum atomic E-state index is 13.3. The summed E-state index contributed by atoms with van der Waals surface area (Å²) in [6.45, 7) is 10.5. The number of amides is 1. The van der Waals surface area contributed by atoms with Crippen molar-refractivity contribution in [3.05, 3.63) is 95.6 Å². The molecular formula is C37H45F3N2O3. The van der Waals surface area contributed by atoms with E-state index in [4.69, 9.17) is 4.74 Å². The number of hydrogen-bond donors (Lipinski definition) is 1. The van der Waals surface area contributed by atoms with E-state index in [1.165, 1.54) is 12.1 Å². The fourth-order valence-electron chi connectivity index (χ4n) is 6.06. The van der Waals surface area contributed by atoms with Gasteiger partial charge in [-0.2, -0.15) is 13.2 Å². The maximum absolute atomic E-state index is 13.3. The first-order valence-electron chi connectivity index (χ1n) is 15.8. The number of ether oxygens (including phenoxy) is 1. The molecule has 1 N–H and O–H groups in total. The Morgan fingerprint density at radius 3 is 2.07 bits per heavy atom. The third-order valence-electron chi connectivity index (χ3n) is 8.50. The van der Waals surface area contributed by atoms with Crippen LogP contribution in [0.2, 0.25) is 0 Å². The third-order valence-corrected chi connectivity index (χ3v) is 8.50. The molecule has 0 aliphatic carbocycles. The Labute approximate surface area is 265 Å². The molecule has 1 amide bonds. The molecule has 1 atom stereocenters. The summed E-state index contributed by atoms with van der Waals surface area (Å²) in [7, 11) is 0. The lowest BCUT2D eigenvalue weighted by Crippen LogP contribution is -2.45. The van der Waals surface area contributed by atoms with Gasteiger partial charge in [0.2, 0.25) is 0 Å². The smallest absolute Gasteiger partial charge is 0.416 e. The van der Waals surface area contributed by atoms with Crippen LogP contribution in [0.4, 0.5) is 13.2 Å². The van der Waals surface area contributed by atoms with E-state index in [-0.39, 0.29) is 23.3 Å². The minimum Gasteiger partial charge on any atom is -0.460 e. The molecule has 1 fully saturated rings. The zero-order valence-electron chi connectivity index (χ0n) is 26.8. The van der Waals surface area contributed by atoms with Crippen LogP contribution >= 0.6 is 0 Å². The molecule has 45 heavy (non-hydrogen) atoms. The molecule has 3 aromatic rings. The van der Waals surface area contributed by atoms with Crippen LogP contribution < -0.4 is 5.32 Å². The van der Waals surface area contributed by atoms with E-state index in [1.807, 2.05) is 39.0 Å². The Hall–Kier alpha value is -3.65. The van der Waals surface area contributed by atoms with Gasteiger partial charge in [-0.05, 0) is 87.9 Å². The van der Waals surface area contributed by atoms with E-state index in [1.54, 1.807) is 24.3 Å². The molecule has 4 rings (SSSR count). The Kier molecular flexibility index (Phi) is 11.1. The van der Waals surface area contributed by atoms with Crippen molar-refractivity contribution >= 4 is 11.9 Å². The summed E-state index contributed by atoms with van der Waals surface area (Å²) >= 11 is 0. The van der Waals surface area contributed by atoms with Gasteiger partial charge in [-0.3, -0.25) is 9.59 Å². The van der Waals surface area contributed by atoms with Gasteiger partial charge < -0.3 is 15.0 Å². The highest BCUT2D eigenvalue weighted by Gasteiger charge is 2.32. The molecule has 1 unspecified atom stereocenters. The average Bonchev–Trinajstić information content (AvgIpc) is 2.99. The SMILES string of the molecule is CC(C)(C)OC(=O)CC(C)(CCCCN1CCC(NC(=O)c2ccccc2-c2ccc(C(F)(F)F)cc2)CC1)c1ccccc1. The summed E-state index contributed by atoms with van der Waals surface area (Å²) in [6.07, 6.45) is 0.445. The number of halogens is 3. The van der Waals surface area contributed by atoms with E-state index < -0.39 is 17.3 Å². The lowest BCUT2D eigenvalue weighted by atomic mass is 9.75. The van der Waals surface area contributed by atoms with Crippen LogP contribution in [0.1, 0.15) is 87.7 Å². The molecule has 0 spiro atoms. The van der Waals surface area contributed by atoms with Crippen molar-refractivity contribution in [3.8, 4) is 11.1 Å². The summed E-state index contributed by atoms with van der Waals surface area (Å²) in [5.74, 6) is -0.394. The first kappa shape index (κ1) is 34.2. The first-order valence-corrected chi connectivity index (χ1v) is 15.8. The molecule has 242 valence electrons. The number of carbonyl (C=O) groups excluding carboxylic acids is 2. The molecule has 0 saturated carbocycles. The summed E-state index contributed by atoms with van der Waals surface area (Å²) < 4.78 is 44.7. The summed E-state index contributed by atoms with van der Waals surface area (Å²) in [5, 5.41) is 3.15. The van der Waals surface area contributed by atoms with Crippen molar-refractivity contribution in [2.24, 2.45) is 0 Å². The number of esters is 1. The first-order chi connectivity index (χ1) is 21.2. The number of piperidine rings is 1. The number of alkyl halides is 3. The van der Waals surface area contributed by atoms with Gasteiger partial charge in [0.1, 0.15) is 5.60 Å². The number of hydrogen-bond acceptors (Lipinski definition) is 4. The Bertz CT molecular complexity index is 1410. The van der Waals surface area contributed by atoms with Crippen LogP contribution in [0.25, 0.3) is 11.1 Å². The van der Waals surface area contributed by atoms with Gasteiger partial charge in [-0.1, -0.05) is 74.0 Å². The number of carbonyl (C=O) groups is 2. The van der Waals surface area contributed by atoms with Gasteiger partial charge in [0.15, 0.2) is 0 Å². The van der Waals surface area contributed by atoms with Crippen LogP contribution in [-0.2, 0) is 21.1 Å². The Morgan fingerprint density at radius 2 is 1.44 bits per heavy atom. The second-order valence-corrected chi connectivity index (χ2v) is 13.4. The number of unbranched alkanes of at least 4 members (excludes halogenated alkanes) is 1. The lowest BCUT2D eigenvalue weighted by Gasteiger charge is -2.33. The van der Waals surface area contributed by atoms with Crippen LogP contribution in [0.3, 0.4) is 0 Å². The number of rotatable bonds is 11. The standard InChI is InChI=1S/C37H45F3N2O3/c1-35(2,3)45-33(43)26-36(4,28-12-6-5-7-13-28)22-10-11-23-42-24-20-30(21-25-42)41-34(44)32-15-9-8-14-31(32)27-16-18-29(19-17-27)37(38,39)40/h5-9,12-19,30H,10-11,20-26H2,1-4H3,(H,41,44). The topological polar surface area (TPSA) is 58.6 Å². The van der Waals surface area contributed by atoms with Gasteiger partial charge in [-0.25, -0.2) is 0 Å². The summed E-state index contributed by atoms with van der Waals surface area (Å²) in [5.41, 5.74) is 1.23. The quantitative estimate of drug-likeness (QED) is 0.172. The molecule has 0 aromatic heterocycles. The highest BCUT2D eigenvalue weighted by molar-refractivity contribution is 6.01. The van der Waals surface area contributed by atoms with Crippen molar-refractivity contribution in [2.75, 3.05) is 19.6 Å². The van der Waals surface area contributed by atoms with Gasteiger partial charge >= 0.3 is 12.1 Å². The van der Waals surface area contributed by atoms with Crippen LogP contribution in [0.5, 0.6) is 0 Å². The highest BCUT2D eigenvalue weighted by atomic mass is 19.4. The van der Waals surface area contributed by atoms with Crippen LogP contribution in [-0.4, -0.2) is 48.1 Å². The summed E-state index contributed by atoms with van der Waals surface area (Å²) in [6, 6.07) is 22.1. The fourth-order valence-corrected chi connectivity index (χ4v) is 6.06. The zero-order valence-corrected chi connectivity index (χ0v) is 26.8. The molecule has 1 aliphatic heterocycles. The zero-order chi connectivity index (χ0) is 32.7. The van der Waals surface area contributed by atoms with Crippen molar-refractivity contribution in [2.45, 2.75) is 89.5 Å². The monoisotopic (exact) mass is 622 g/mol. The molecule has 0 radical (unpaired) electrons. The van der Waals surface area contributed by atoms with Gasteiger partial charge in [0, 0.05) is 30.1 Å². The minimum absolute atomic E-state index is 0.0320. The van der Waals surface area contributed by atoms with E-state index in [0.717, 1.165) is 69.4 Å². The number of nitrogens with one attached hydrogen (secondary N) is 1. The predicted octanol–water partition coefficient (Wildman–Crippen LogP) is 8.43. The fraction of sp³-hybridized carbons (Fsp3) is 0.459. The van der Waals surface area contributed by atoms with E-state index in [2.05, 4.69) is 29.3 Å². The molecule has 1 saturated heterocycles. The molecule has 1 heterocycles. The van der Waals surface area contributed by atoms with E-state index in [0.29, 0.717) is 23.1 Å². The summed E-state index contributed by atoms with van der Waals surface area (Å²) in [4.78, 5) is 28.4. The van der Waals surface area contributed by atoms with Gasteiger partial charge in [0.25, 0.3) is 5.91 Å². The second-order valence-electron chi connectivity index (χ2n) is 13.4. The highest BCUT2D eigenvalue weighted by Crippen LogP contribution is 2.35. The van der Waals surface area contributed by atoms with Crippen molar-refractivity contribution in [1.29, 1.82) is 0 Å². The average molecular weight is 623 g/mol. The molecule has 1 aliphatic rings. The van der Waals surface area contributed by atoms with E-state index in [9.17, 15) is 22.8 Å². The molecule has 3 aromatic carbocycles. The molecule has 0 bridgehead atoms. The third kappa shape index (κ3) is 9.92. The van der Waals surface area contributed by atoms with Crippen LogP contribution in [0.15, 0.2) is 78.9 Å². The van der Waals surface area contributed by atoms with Crippen LogP contribution in [0, 0.1) is 0 Å². The number of likely N-dealkylation sites (tertiary alicyclic amines) is 1. The number of benzene rings is 3. The molecule has 5 nitrogen and oxygen atoms in total. The van der Waals surface area contributed by atoms with E-state index >= 15 is 0 Å². The predicted molar refractivity (Wildman–Crippen MR) is 172 cm³/mol. The molecule has 8 heteroatoms. The van der Waals surface area contributed by atoms with Crippen molar-refractivity contribution in [3.63, 3.8) is 0 Å². The van der Waals surface area contributed by atoms with Gasteiger partial charge in [0.05, 0.1) is 12.0 Å². The van der Waals surface area contributed by atoms with Gasteiger partial charge in [-0.15, -0.1) is 0 Å². The maximum Gasteiger partial charge on any atom is 0.416 e.